The zero-order valence-corrected chi connectivity index (χ0v) is 20.8. The van der Waals surface area contributed by atoms with E-state index in [0.29, 0.717) is 11.6 Å². The molecule has 7 heteroatoms. The number of thioether (sulfide) groups is 1. The Bertz CT molecular complexity index is 1550. The van der Waals surface area contributed by atoms with E-state index in [1.165, 1.54) is 17.3 Å². The van der Waals surface area contributed by atoms with Gasteiger partial charge in [-0.05, 0) is 36.6 Å². The number of fused-ring (bicyclic) bond motifs is 2. The van der Waals surface area contributed by atoms with Crippen LogP contribution < -0.4 is 4.90 Å². The molecule has 0 fully saturated rings. The van der Waals surface area contributed by atoms with Gasteiger partial charge in [-0.25, -0.2) is 14.6 Å². The topological polar surface area (TPSA) is 63.9 Å². The van der Waals surface area contributed by atoms with E-state index in [0.717, 1.165) is 58.1 Å². The number of carbonyl (C=O) groups excluding carboxylic acids is 1. The molecule has 36 heavy (non-hydrogen) atoms. The fourth-order valence-electron chi connectivity index (χ4n) is 4.68. The number of nitrogens with zero attached hydrogens (tertiary/aromatic N) is 5. The first-order valence-corrected chi connectivity index (χ1v) is 13.1. The van der Waals surface area contributed by atoms with Crippen molar-refractivity contribution in [2.45, 2.75) is 24.8 Å². The first-order chi connectivity index (χ1) is 17.7. The van der Waals surface area contributed by atoms with Crippen LogP contribution in [0.5, 0.6) is 0 Å². The van der Waals surface area contributed by atoms with Gasteiger partial charge in [-0.1, -0.05) is 85.4 Å². The van der Waals surface area contributed by atoms with Crippen molar-refractivity contribution in [3.8, 4) is 17.1 Å². The molecule has 0 radical (unpaired) electrons. The predicted octanol–water partition coefficient (Wildman–Crippen LogP) is 5.73. The number of aromatic nitrogens is 4. The van der Waals surface area contributed by atoms with Gasteiger partial charge in [-0.3, -0.25) is 4.79 Å². The minimum Gasteiger partial charge on any atom is -0.311 e. The van der Waals surface area contributed by atoms with E-state index in [-0.39, 0.29) is 5.91 Å². The van der Waals surface area contributed by atoms with Gasteiger partial charge < -0.3 is 4.90 Å². The molecule has 3 heterocycles. The molecule has 1 aliphatic rings. The molecule has 178 valence electrons. The Morgan fingerprint density at radius 3 is 2.42 bits per heavy atom. The third kappa shape index (κ3) is 4.05. The molecule has 0 N–H and O–H groups in total. The molecule has 0 atom stereocenters. The second-order valence-corrected chi connectivity index (χ2v) is 9.64. The summed E-state index contributed by atoms with van der Waals surface area (Å²) in [5.41, 5.74) is 5.81. The summed E-state index contributed by atoms with van der Waals surface area (Å²) in [6.07, 6.45) is 1.64. The van der Waals surface area contributed by atoms with Crippen LogP contribution in [0.15, 0.2) is 90.0 Å². The number of aryl methyl sites for hydroxylation is 1. The van der Waals surface area contributed by atoms with Crippen LogP contribution in [-0.2, 0) is 17.6 Å². The van der Waals surface area contributed by atoms with Crippen LogP contribution in [0.3, 0.4) is 0 Å². The van der Waals surface area contributed by atoms with Crippen molar-refractivity contribution in [1.82, 2.24) is 19.7 Å². The highest BCUT2D eigenvalue weighted by atomic mass is 32.2. The maximum absolute atomic E-state index is 13.3. The number of hydrogen-bond acceptors (Lipinski definition) is 5. The monoisotopic (exact) mass is 491 g/mol. The van der Waals surface area contributed by atoms with Gasteiger partial charge in [0.15, 0.2) is 11.5 Å². The highest BCUT2D eigenvalue weighted by molar-refractivity contribution is 8.00. The number of carbonyl (C=O) groups is 1. The van der Waals surface area contributed by atoms with Crippen molar-refractivity contribution >= 4 is 34.4 Å². The fraction of sp³-hybridized carbons (Fsp3) is 0.172. The first kappa shape index (κ1) is 22.5. The van der Waals surface area contributed by atoms with Gasteiger partial charge in [0.25, 0.3) is 0 Å². The lowest BCUT2D eigenvalue weighted by atomic mass is 10.2. The lowest BCUT2D eigenvalue weighted by Crippen LogP contribution is -2.30. The van der Waals surface area contributed by atoms with Gasteiger partial charge >= 0.3 is 0 Å². The summed E-state index contributed by atoms with van der Waals surface area (Å²) in [7, 11) is 0. The van der Waals surface area contributed by atoms with E-state index in [9.17, 15) is 4.79 Å². The molecule has 0 bridgehead atoms. The van der Waals surface area contributed by atoms with Crippen LogP contribution in [0, 0.1) is 0 Å². The van der Waals surface area contributed by atoms with Crippen LogP contribution in [0.4, 0.5) is 5.69 Å². The van der Waals surface area contributed by atoms with Gasteiger partial charge in [-0.15, -0.1) is 0 Å². The summed E-state index contributed by atoms with van der Waals surface area (Å²) >= 11 is 1.47. The molecule has 0 saturated heterocycles. The number of anilines is 1. The third-order valence-corrected chi connectivity index (χ3v) is 7.41. The summed E-state index contributed by atoms with van der Waals surface area (Å²) in [4.78, 5) is 25.1. The first-order valence-electron chi connectivity index (χ1n) is 12.1. The van der Waals surface area contributed by atoms with E-state index >= 15 is 0 Å². The summed E-state index contributed by atoms with van der Waals surface area (Å²) in [5, 5.41) is 6.62. The normalized spacial score (nSPS) is 12.8. The predicted molar refractivity (Wildman–Crippen MR) is 145 cm³/mol. The van der Waals surface area contributed by atoms with Gasteiger partial charge in [0.05, 0.1) is 22.5 Å². The molecule has 0 unspecified atom stereocenters. The highest BCUT2D eigenvalue weighted by Crippen LogP contribution is 2.34. The molecule has 1 aliphatic heterocycles. The Labute approximate surface area is 214 Å². The van der Waals surface area contributed by atoms with Crippen LogP contribution in [0.1, 0.15) is 18.2 Å². The van der Waals surface area contributed by atoms with E-state index in [2.05, 4.69) is 13.0 Å². The van der Waals surface area contributed by atoms with E-state index in [1.54, 1.807) is 0 Å². The summed E-state index contributed by atoms with van der Waals surface area (Å²) < 4.78 is 1.89. The van der Waals surface area contributed by atoms with Crippen molar-refractivity contribution < 1.29 is 4.79 Å². The summed E-state index contributed by atoms with van der Waals surface area (Å²) in [5.74, 6) is 1.02. The standard InChI is InChI=1S/C29H25N5OS/c1-2-23-26-28(34(32-23)22-14-7-4-8-15-22)30-27(21-12-5-3-6-13-21)31-29(26)36-19-25(35)33-18-17-20-11-9-10-16-24(20)33/h3-16H,2,17-19H2,1H3. The average molecular weight is 492 g/mol. The molecule has 1 amide bonds. The zero-order chi connectivity index (χ0) is 24.5. The molecule has 0 spiro atoms. The van der Waals surface area contributed by atoms with Crippen molar-refractivity contribution in [2.24, 2.45) is 0 Å². The van der Waals surface area contributed by atoms with Crippen molar-refractivity contribution in [3.05, 3.63) is 96.2 Å². The minimum atomic E-state index is 0.0893. The van der Waals surface area contributed by atoms with Crippen molar-refractivity contribution in [1.29, 1.82) is 0 Å². The second kappa shape index (κ2) is 9.59. The molecular formula is C29H25N5OS. The molecule has 0 aliphatic carbocycles. The Kier molecular flexibility index (Phi) is 5.99. The second-order valence-electron chi connectivity index (χ2n) is 8.68. The van der Waals surface area contributed by atoms with Gasteiger partial charge in [-0.2, -0.15) is 5.10 Å². The maximum atomic E-state index is 13.3. The van der Waals surface area contributed by atoms with E-state index in [1.807, 2.05) is 88.4 Å². The van der Waals surface area contributed by atoms with Gasteiger partial charge in [0.2, 0.25) is 5.91 Å². The smallest absolute Gasteiger partial charge is 0.237 e. The lowest BCUT2D eigenvalue weighted by molar-refractivity contribution is -0.116. The van der Waals surface area contributed by atoms with Crippen LogP contribution in [0.2, 0.25) is 0 Å². The molecule has 3 aromatic carbocycles. The van der Waals surface area contributed by atoms with Crippen molar-refractivity contribution in [3.63, 3.8) is 0 Å². The van der Waals surface area contributed by atoms with Gasteiger partial charge in [0.1, 0.15) is 5.03 Å². The molecular weight excluding hydrogens is 466 g/mol. The van der Waals surface area contributed by atoms with Crippen LogP contribution in [0.25, 0.3) is 28.1 Å². The minimum absolute atomic E-state index is 0.0893. The third-order valence-electron chi connectivity index (χ3n) is 6.45. The largest absolute Gasteiger partial charge is 0.311 e. The Morgan fingerprint density at radius 1 is 0.917 bits per heavy atom. The van der Waals surface area contributed by atoms with Crippen molar-refractivity contribution in [2.75, 3.05) is 17.2 Å². The number of rotatable bonds is 6. The Balaban J connectivity index is 1.42. The van der Waals surface area contributed by atoms with Crippen LogP contribution in [-0.4, -0.2) is 38.0 Å². The quantitative estimate of drug-likeness (QED) is 0.224. The molecule has 6 rings (SSSR count). The Hall–Kier alpha value is -3.97. The number of benzene rings is 3. The number of hydrogen-bond donors (Lipinski definition) is 0. The SMILES string of the molecule is CCc1nn(-c2ccccc2)c2nc(-c3ccccc3)nc(SCC(=O)N3CCc4ccccc43)c12. The highest BCUT2D eigenvalue weighted by Gasteiger charge is 2.26. The average Bonchev–Trinajstić information content (AvgIpc) is 3.54. The van der Waals surface area contributed by atoms with E-state index < -0.39 is 0 Å². The van der Waals surface area contributed by atoms with Crippen LogP contribution >= 0.6 is 11.8 Å². The van der Waals surface area contributed by atoms with E-state index in [4.69, 9.17) is 15.1 Å². The number of amides is 1. The molecule has 5 aromatic rings. The fourth-order valence-corrected chi connectivity index (χ4v) is 5.60. The number of para-hydroxylation sites is 2. The summed E-state index contributed by atoms with van der Waals surface area (Å²) in [6, 6.07) is 28.1. The zero-order valence-electron chi connectivity index (χ0n) is 20.0. The molecule has 6 nitrogen and oxygen atoms in total. The van der Waals surface area contributed by atoms with Gasteiger partial charge in [0, 0.05) is 17.8 Å². The Morgan fingerprint density at radius 2 is 1.64 bits per heavy atom. The molecule has 2 aromatic heterocycles. The lowest BCUT2D eigenvalue weighted by Gasteiger charge is -2.17. The maximum Gasteiger partial charge on any atom is 0.237 e. The molecule has 0 saturated carbocycles. The summed E-state index contributed by atoms with van der Waals surface area (Å²) in [6.45, 7) is 2.81.